The van der Waals surface area contributed by atoms with Crippen LogP contribution in [0.1, 0.15) is 34.8 Å². The van der Waals surface area contributed by atoms with Gasteiger partial charge in [-0.2, -0.15) is 0 Å². The van der Waals surface area contributed by atoms with Crippen molar-refractivity contribution in [3.05, 3.63) is 41.6 Å². The molecule has 2 aromatic heterocycles. The molecule has 2 aliphatic heterocycles. The molecule has 26 heavy (non-hydrogen) atoms. The Morgan fingerprint density at radius 1 is 1.23 bits per heavy atom. The van der Waals surface area contributed by atoms with Crippen molar-refractivity contribution < 1.29 is 14.3 Å². The molecule has 3 aromatic rings. The summed E-state index contributed by atoms with van der Waals surface area (Å²) in [4.78, 5) is 19.3. The summed E-state index contributed by atoms with van der Waals surface area (Å²) in [6, 6.07) is 7.67. The Kier molecular flexibility index (Phi) is 3.31. The average molecular weight is 351 g/mol. The number of fused-ring (bicyclic) bond motifs is 2. The van der Waals surface area contributed by atoms with Gasteiger partial charge in [0.05, 0.1) is 11.6 Å². The van der Waals surface area contributed by atoms with E-state index in [0.717, 1.165) is 36.4 Å². The van der Waals surface area contributed by atoms with Crippen LogP contribution >= 0.6 is 0 Å². The fourth-order valence-corrected chi connectivity index (χ4v) is 3.69. The monoisotopic (exact) mass is 351 g/mol. The van der Waals surface area contributed by atoms with Crippen LogP contribution in [-0.4, -0.2) is 44.1 Å². The van der Waals surface area contributed by atoms with E-state index in [4.69, 9.17) is 9.47 Å². The molecule has 1 atom stereocenters. The zero-order valence-electron chi connectivity index (χ0n) is 14.3. The minimum absolute atomic E-state index is 0.0227. The molecule has 0 bridgehead atoms. The number of carbonyl (C=O) groups excluding carboxylic acids is 1. The maximum Gasteiger partial charge on any atom is 0.256 e. The number of ether oxygens (including phenoxy) is 2. The van der Waals surface area contributed by atoms with Crippen LogP contribution in [0.4, 0.5) is 0 Å². The van der Waals surface area contributed by atoms with Crippen LogP contribution in [0.5, 0.6) is 11.5 Å². The Morgan fingerprint density at radius 3 is 3.04 bits per heavy atom. The summed E-state index contributed by atoms with van der Waals surface area (Å²) in [7, 11) is 1.78. The van der Waals surface area contributed by atoms with E-state index in [9.17, 15) is 4.79 Å². The second-order valence-electron chi connectivity index (χ2n) is 6.55. The number of aryl methyl sites for hydroxylation is 1. The Morgan fingerprint density at radius 2 is 2.12 bits per heavy atom. The van der Waals surface area contributed by atoms with Crippen LogP contribution in [0.15, 0.2) is 30.5 Å². The predicted octanol–water partition coefficient (Wildman–Crippen LogP) is 2.07. The molecule has 132 valence electrons. The number of nitrogens with zero attached hydrogens (tertiary/aromatic N) is 5. The third-order valence-electron chi connectivity index (χ3n) is 4.98. The van der Waals surface area contributed by atoms with Gasteiger partial charge < -0.3 is 14.4 Å². The van der Waals surface area contributed by atoms with Crippen LogP contribution in [0, 0.1) is 0 Å². The van der Waals surface area contributed by atoms with Crippen molar-refractivity contribution in [1.82, 2.24) is 24.9 Å². The van der Waals surface area contributed by atoms with Gasteiger partial charge in [0.25, 0.3) is 5.91 Å². The Bertz CT molecular complexity index is 1020. The van der Waals surface area contributed by atoms with E-state index in [1.54, 1.807) is 24.0 Å². The molecule has 0 radical (unpaired) electrons. The minimum Gasteiger partial charge on any atom is -0.454 e. The van der Waals surface area contributed by atoms with Crippen molar-refractivity contribution in [2.45, 2.75) is 18.9 Å². The number of amides is 1. The van der Waals surface area contributed by atoms with Crippen molar-refractivity contribution >= 4 is 17.1 Å². The molecule has 8 heteroatoms. The minimum atomic E-state index is -0.0368. The number of benzene rings is 1. The topological polar surface area (TPSA) is 82.4 Å². The van der Waals surface area contributed by atoms with E-state index in [1.807, 2.05) is 23.1 Å². The van der Waals surface area contributed by atoms with Crippen LogP contribution in [0.3, 0.4) is 0 Å². The van der Waals surface area contributed by atoms with E-state index in [0.29, 0.717) is 16.7 Å². The van der Waals surface area contributed by atoms with Crippen LogP contribution in [0.25, 0.3) is 11.2 Å². The second-order valence-corrected chi connectivity index (χ2v) is 6.55. The van der Waals surface area contributed by atoms with Gasteiger partial charge in [-0.05, 0) is 36.6 Å². The van der Waals surface area contributed by atoms with Gasteiger partial charge in [0.15, 0.2) is 17.1 Å². The van der Waals surface area contributed by atoms with Gasteiger partial charge in [0.2, 0.25) is 6.79 Å². The van der Waals surface area contributed by atoms with E-state index in [-0.39, 0.29) is 18.7 Å². The molecule has 0 N–H and O–H groups in total. The molecule has 0 aliphatic carbocycles. The predicted molar refractivity (Wildman–Crippen MR) is 91.9 cm³/mol. The normalized spacial score (nSPS) is 18.7. The lowest BCUT2D eigenvalue weighted by molar-refractivity contribution is 0.0735. The van der Waals surface area contributed by atoms with E-state index < -0.39 is 0 Å². The number of rotatable bonds is 2. The van der Waals surface area contributed by atoms with Crippen molar-refractivity contribution in [1.29, 1.82) is 0 Å². The quantitative estimate of drug-likeness (QED) is 0.703. The third-order valence-corrected chi connectivity index (χ3v) is 4.98. The molecule has 1 amide bonds. The van der Waals surface area contributed by atoms with Crippen LogP contribution in [-0.2, 0) is 7.05 Å². The highest BCUT2D eigenvalue weighted by Crippen LogP contribution is 2.39. The molecule has 0 spiro atoms. The Balaban J connectivity index is 1.46. The fourth-order valence-electron chi connectivity index (χ4n) is 3.69. The number of hydrogen-bond acceptors (Lipinski definition) is 6. The van der Waals surface area contributed by atoms with Gasteiger partial charge in [-0.25, -0.2) is 9.67 Å². The lowest BCUT2D eigenvalue weighted by atomic mass is 10.0. The first-order valence-electron chi connectivity index (χ1n) is 8.56. The van der Waals surface area contributed by atoms with E-state index >= 15 is 0 Å². The third kappa shape index (κ3) is 2.29. The highest BCUT2D eigenvalue weighted by Gasteiger charge is 2.32. The summed E-state index contributed by atoms with van der Waals surface area (Å²) in [6.45, 7) is 0.965. The molecule has 5 rings (SSSR count). The molecular formula is C18H17N5O3. The SMILES string of the molecule is Cn1nnc2cc(C(=O)N3CCCC3c3ccc4c(c3)OCO4)cnc21. The van der Waals surface area contributed by atoms with Gasteiger partial charge in [0.1, 0.15) is 5.52 Å². The second kappa shape index (κ2) is 5.69. The standard InChI is InChI=1S/C18H17N5O3/c1-22-17-13(20-21-22)7-12(9-19-17)18(24)23-6-2-3-14(23)11-4-5-15-16(8-11)26-10-25-15/h4-5,7-9,14H,2-3,6,10H2,1H3. The molecule has 0 saturated carbocycles. The number of pyridine rings is 1. The highest BCUT2D eigenvalue weighted by atomic mass is 16.7. The largest absolute Gasteiger partial charge is 0.454 e. The Labute approximate surface area is 149 Å². The van der Waals surface area contributed by atoms with E-state index in [1.165, 1.54) is 0 Å². The van der Waals surface area contributed by atoms with Crippen molar-refractivity contribution in [3.8, 4) is 11.5 Å². The lowest BCUT2D eigenvalue weighted by Gasteiger charge is -2.25. The number of aromatic nitrogens is 4. The summed E-state index contributed by atoms with van der Waals surface area (Å²) < 4.78 is 12.4. The molecule has 1 aromatic carbocycles. The Hall–Kier alpha value is -3.16. The molecule has 1 saturated heterocycles. The molecule has 2 aliphatic rings. The van der Waals surface area contributed by atoms with Gasteiger partial charge in [-0.3, -0.25) is 4.79 Å². The summed E-state index contributed by atoms with van der Waals surface area (Å²) in [5.74, 6) is 1.46. The lowest BCUT2D eigenvalue weighted by Crippen LogP contribution is -2.30. The smallest absolute Gasteiger partial charge is 0.256 e. The van der Waals surface area contributed by atoms with Gasteiger partial charge in [0, 0.05) is 19.8 Å². The van der Waals surface area contributed by atoms with Crippen LogP contribution in [0.2, 0.25) is 0 Å². The highest BCUT2D eigenvalue weighted by molar-refractivity contribution is 5.96. The molecule has 1 fully saturated rings. The summed E-state index contributed by atoms with van der Waals surface area (Å²) >= 11 is 0. The molecule has 4 heterocycles. The number of carbonyl (C=O) groups is 1. The van der Waals surface area contributed by atoms with Crippen molar-refractivity contribution in [2.24, 2.45) is 7.05 Å². The molecule has 1 unspecified atom stereocenters. The van der Waals surface area contributed by atoms with Crippen LogP contribution < -0.4 is 9.47 Å². The first-order valence-corrected chi connectivity index (χ1v) is 8.56. The van der Waals surface area contributed by atoms with Crippen molar-refractivity contribution in [3.63, 3.8) is 0 Å². The average Bonchev–Trinajstić information content (AvgIpc) is 3.40. The summed E-state index contributed by atoms with van der Waals surface area (Å²) in [5, 5.41) is 8.00. The van der Waals surface area contributed by atoms with E-state index in [2.05, 4.69) is 15.3 Å². The van der Waals surface area contributed by atoms with Gasteiger partial charge >= 0.3 is 0 Å². The zero-order valence-corrected chi connectivity index (χ0v) is 14.3. The number of likely N-dealkylation sites (tertiary alicyclic amines) is 1. The first-order chi connectivity index (χ1) is 12.7. The fraction of sp³-hybridized carbons (Fsp3) is 0.333. The van der Waals surface area contributed by atoms with Crippen molar-refractivity contribution in [2.75, 3.05) is 13.3 Å². The summed E-state index contributed by atoms with van der Waals surface area (Å²) in [5.41, 5.74) is 2.88. The maximum atomic E-state index is 13.1. The zero-order chi connectivity index (χ0) is 17.7. The van der Waals surface area contributed by atoms with Gasteiger partial charge in [-0.1, -0.05) is 11.3 Å². The van der Waals surface area contributed by atoms with Gasteiger partial charge in [-0.15, -0.1) is 5.10 Å². The molecular weight excluding hydrogens is 334 g/mol. The first kappa shape index (κ1) is 15.1. The maximum absolute atomic E-state index is 13.1. The molecule has 8 nitrogen and oxygen atoms in total. The number of hydrogen-bond donors (Lipinski definition) is 0. The summed E-state index contributed by atoms with van der Waals surface area (Å²) in [6.07, 6.45) is 3.49.